The molecule has 0 amide bonds. The summed E-state index contributed by atoms with van der Waals surface area (Å²) in [6.45, 7) is 3.27. The number of anilines is 1. The maximum Gasteiger partial charge on any atom is 0.175 e. The minimum absolute atomic E-state index is 0.275. The number of hydrogen-bond donors (Lipinski definition) is 1. The fraction of sp³-hybridized carbons (Fsp3) is 0.182. The van der Waals surface area contributed by atoms with Gasteiger partial charge in [-0.1, -0.05) is 35.3 Å². The van der Waals surface area contributed by atoms with Crippen LogP contribution in [0.5, 0.6) is 11.5 Å². The van der Waals surface area contributed by atoms with Gasteiger partial charge in [0.2, 0.25) is 0 Å². The van der Waals surface area contributed by atoms with Gasteiger partial charge in [-0.25, -0.2) is 4.39 Å². The van der Waals surface area contributed by atoms with Crippen LogP contribution in [0.2, 0.25) is 10.0 Å². The third-order valence-corrected chi connectivity index (χ3v) is 5.05. The molecule has 0 saturated carbocycles. The lowest BCUT2D eigenvalue weighted by Gasteiger charge is -2.16. The molecule has 0 fully saturated rings. The molecule has 0 aromatic heterocycles. The van der Waals surface area contributed by atoms with Gasteiger partial charge in [0.05, 0.1) is 11.1 Å². The zero-order valence-corrected chi connectivity index (χ0v) is 18.7. The van der Waals surface area contributed by atoms with E-state index < -0.39 is 0 Å². The molecule has 3 aromatic rings. The van der Waals surface area contributed by atoms with Crippen LogP contribution in [0.1, 0.15) is 18.1 Å². The van der Waals surface area contributed by atoms with Gasteiger partial charge in [-0.15, -0.1) is 0 Å². The van der Waals surface area contributed by atoms with Crippen molar-refractivity contribution in [2.45, 2.75) is 20.1 Å². The molecule has 0 unspecified atom stereocenters. The average molecular weight is 499 g/mol. The molecule has 0 aliphatic carbocycles. The molecule has 0 bridgehead atoms. The van der Waals surface area contributed by atoms with Gasteiger partial charge in [-0.3, -0.25) is 0 Å². The Morgan fingerprint density at radius 1 is 0.931 bits per heavy atom. The minimum atomic E-state index is -0.275. The van der Waals surface area contributed by atoms with Crippen LogP contribution in [-0.2, 0) is 13.2 Å². The van der Waals surface area contributed by atoms with Gasteiger partial charge in [-0.05, 0) is 76.4 Å². The van der Waals surface area contributed by atoms with E-state index in [9.17, 15) is 4.39 Å². The molecule has 3 rings (SSSR count). The van der Waals surface area contributed by atoms with Crippen molar-refractivity contribution < 1.29 is 13.9 Å². The molecule has 1 N–H and O–H groups in total. The standard InChI is InChI=1S/C22H19BrCl2FNO2/c1-2-28-21-8-15(12-27-19-10-16(24)9-17(25)11-19)7-20(23)22(21)29-13-14-3-5-18(26)6-4-14/h3-11,27H,2,12-13H2,1H3. The van der Waals surface area contributed by atoms with E-state index in [0.29, 0.717) is 41.3 Å². The lowest BCUT2D eigenvalue weighted by molar-refractivity contribution is 0.267. The van der Waals surface area contributed by atoms with Gasteiger partial charge in [0, 0.05) is 22.3 Å². The number of hydrogen-bond acceptors (Lipinski definition) is 3. The number of benzene rings is 3. The van der Waals surface area contributed by atoms with Crippen LogP contribution < -0.4 is 14.8 Å². The Morgan fingerprint density at radius 3 is 2.28 bits per heavy atom. The summed E-state index contributed by atoms with van der Waals surface area (Å²) in [4.78, 5) is 0. The normalized spacial score (nSPS) is 10.7. The van der Waals surface area contributed by atoms with E-state index in [0.717, 1.165) is 21.3 Å². The maximum absolute atomic E-state index is 13.1. The molecule has 0 saturated heterocycles. The van der Waals surface area contributed by atoms with Crippen LogP contribution in [0, 0.1) is 5.82 Å². The zero-order valence-electron chi connectivity index (χ0n) is 15.6. The van der Waals surface area contributed by atoms with Crippen LogP contribution in [0.4, 0.5) is 10.1 Å². The minimum Gasteiger partial charge on any atom is -0.490 e. The Kier molecular flexibility index (Phi) is 7.64. The van der Waals surface area contributed by atoms with Gasteiger partial charge in [0.15, 0.2) is 11.5 Å². The van der Waals surface area contributed by atoms with Gasteiger partial charge < -0.3 is 14.8 Å². The summed E-state index contributed by atoms with van der Waals surface area (Å²) in [6.07, 6.45) is 0. The van der Waals surface area contributed by atoms with E-state index >= 15 is 0 Å². The van der Waals surface area contributed by atoms with Gasteiger partial charge in [0.25, 0.3) is 0 Å². The monoisotopic (exact) mass is 497 g/mol. The molecule has 29 heavy (non-hydrogen) atoms. The molecule has 3 nitrogen and oxygen atoms in total. The average Bonchev–Trinajstić information content (AvgIpc) is 2.66. The highest BCUT2D eigenvalue weighted by Gasteiger charge is 2.13. The molecule has 0 spiro atoms. The molecular formula is C22H19BrCl2FNO2. The van der Waals surface area contributed by atoms with Crippen LogP contribution >= 0.6 is 39.1 Å². The van der Waals surface area contributed by atoms with Crippen molar-refractivity contribution >= 4 is 44.8 Å². The van der Waals surface area contributed by atoms with Crippen molar-refractivity contribution in [3.05, 3.63) is 86.1 Å². The molecule has 3 aromatic carbocycles. The molecule has 0 aliphatic heterocycles. The van der Waals surface area contributed by atoms with Crippen molar-refractivity contribution in [3.63, 3.8) is 0 Å². The van der Waals surface area contributed by atoms with Crippen molar-refractivity contribution in [1.29, 1.82) is 0 Å². The van der Waals surface area contributed by atoms with E-state index in [1.165, 1.54) is 12.1 Å². The second kappa shape index (κ2) is 10.2. The predicted molar refractivity (Wildman–Crippen MR) is 120 cm³/mol. The first-order valence-corrected chi connectivity index (χ1v) is 10.5. The second-order valence-electron chi connectivity index (χ2n) is 6.26. The highest BCUT2D eigenvalue weighted by Crippen LogP contribution is 2.38. The van der Waals surface area contributed by atoms with E-state index in [1.54, 1.807) is 18.2 Å². The Morgan fingerprint density at radius 2 is 1.62 bits per heavy atom. The van der Waals surface area contributed by atoms with E-state index in [4.69, 9.17) is 32.7 Å². The predicted octanol–water partition coefficient (Wildman–Crippen LogP) is 7.48. The number of halogens is 4. The Labute approximate surface area is 187 Å². The molecule has 0 radical (unpaired) electrons. The molecular weight excluding hydrogens is 480 g/mol. The van der Waals surface area contributed by atoms with Crippen molar-refractivity contribution in [1.82, 2.24) is 0 Å². The summed E-state index contributed by atoms with van der Waals surface area (Å²) in [5, 5.41) is 4.44. The Bertz CT molecular complexity index is 963. The molecule has 7 heteroatoms. The zero-order chi connectivity index (χ0) is 20.8. The quantitative estimate of drug-likeness (QED) is 0.349. The lowest BCUT2D eigenvalue weighted by atomic mass is 10.2. The summed E-state index contributed by atoms with van der Waals surface area (Å²) < 4.78 is 25.6. The molecule has 0 heterocycles. The summed E-state index contributed by atoms with van der Waals surface area (Å²) >= 11 is 15.7. The van der Waals surface area contributed by atoms with Crippen LogP contribution in [0.3, 0.4) is 0 Å². The van der Waals surface area contributed by atoms with Gasteiger partial charge in [0.1, 0.15) is 12.4 Å². The number of ether oxygens (including phenoxy) is 2. The fourth-order valence-corrected chi connectivity index (χ4v) is 3.85. The first-order valence-electron chi connectivity index (χ1n) is 8.97. The first kappa shape index (κ1) is 21.8. The van der Waals surface area contributed by atoms with Crippen LogP contribution in [0.25, 0.3) is 0 Å². The summed E-state index contributed by atoms with van der Waals surface area (Å²) in [7, 11) is 0. The third kappa shape index (κ3) is 6.26. The van der Waals surface area contributed by atoms with Crippen LogP contribution in [-0.4, -0.2) is 6.61 Å². The van der Waals surface area contributed by atoms with Crippen molar-refractivity contribution in [3.8, 4) is 11.5 Å². The fourth-order valence-electron chi connectivity index (χ4n) is 2.72. The Hall–Kier alpha value is -1.95. The van der Waals surface area contributed by atoms with Crippen LogP contribution in [0.15, 0.2) is 59.1 Å². The Balaban J connectivity index is 1.75. The van der Waals surface area contributed by atoms with E-state index in [-0.39, 0.29) is 5.82 Å². The number of rotatable bonds is 8. The topological polar surface area (TPSA) is 30.5 Å². The second-order valence-corrected chi connectivity index (χ2v) is 7.99. The number of nitrogens with one attached hydrogen (secondary N) is 1. The summed E-state index contributed by atoms with van der Waals surface area (Å²) in [6, 6.07) is 15.4. The smallest absolute Gasteiger partial charge is 0.175 e. The van der Waals surface area contributed by atoms with Crippen molar-refractivity contribution in [2.24, 2.45) is 0 Å². The highest BCUT2D eigenvalue weighted by atomic mass is 79.9. The highest BCUT2D eigenvalue weighted by molar-refractivity contribution is 9.10. The summed E-state index contributed by atoms with van der Waals surface area (Å²) in [5.41, 5.74) is 2.68. The first-order chi connectivity index (χ1) is 13.9. The van der Waals surface area contributed by atoms with Gasteiger partial charge >= 0.3 is 0 Å². The molecule has 0 aliphatic rings. The third-order valence-electron chi connectivity index (χ3n) is 4.02. The van der Waals surface area contributed by atoms with Gasteiger partial charge in [-0.2, -0.15) is 0 Å². The maximum atomic E-state index is 13.1. The van der Waals surface area contributed by atoms with Crippen molar-refractivity contribution in [2.75, 3.05) is 11.9 Å². The molecule has 0 atom stereocenters. The molecule has 152 valence electrons. The SMILES string of the molecule is CCOc1cc(CNc2cc(Cl)cc(Cl)c2)cc(Br)c1OCc1ccc(F)cc1. The van der Waals surface area contributed by atoms with E-state index in [1.807, 2.05) is 31.2 Å². The summed E-state index contributed by atoms with van der Waals surface area (Å²) in [5.74, 6) is 0.957. The van der Waals surface area contributed by atoms with E-state index in [2.05, 4.69) is 21.2 Å². The lowest BCUT2D eigenvalue weighted by Crippen LogP contribution is -2.04. The largest absolute Gasteiger partial charge is 0.490 e.